The summed E-state index contributed by atoms with van der Waals surface area (Å²) < 4.78 is 15.8. The van der Waals surface area contributed by atoms with Gasteiger partial charge in [-0.05, 0) is 25.5 Å². The monoisotopic (exact) mass is 408 g/mol. The van der Waals surface area contributed by atoms with Crippen molar-refractivity contribution in [3.8, 4) is 0 Å². The van der Waals surface area contributed by atoms with Gasteiger partial charge in [0.15, 0.2) is 0 Å². The summed E-state index contributed by atoms with van der Waals surface area (Å²) in [6, 6.07) is 7.06. The van der Waals surface area contributed by atoms with Crippen LogP contribution in [0.2, 0.25) is 5.02 Å². The standard InChI is InChI=1S/C20H25ClN2O5/c1-4-28-20(25)18-15(11-27-10-9-22)23-12(2)16(19(24)26-3)17(18)13-7-5-6-8-14(13)21/h5-8,17-18H,4,9-11,22H2,1-3H3. The van der Waals surface area contributed by atoms with Crippen LogP contribution in [0.5, 0.6) is 0 Å². The number of halogens is 1. The number of aliphatic imine (C=N–C) groups is 1. The second-order valence-corrected chi connectivity index (χ2v) is 6.57. The van der Waals surface area contributed by atoms with Crippen molar-refractivity contribution in [1.29, 1.82) is 0 Å². The van der Waals surface area contributed by atoms with Crippen LogP contribution in [0.3, 0.4) is 0 Å². The topological polar surface area (TPSA) is 100 Å². The van der Waals surface area contributed by atoms with Crippen LogP contribution in [0, 0.1) is 5.92 Å². The number of allylic oxidation sites excluding steroid dienone is 1. The maximum absolute atomic E-state index is 12.9. The summed E-state index contributed by atoms with van der Waals surface area (Å²) in [6.45, 7) is 4.35. The second kappa shape index (κ2) is 10.4. The Hall–Kier alpha value is -2.22. The number of methoxy groups -OCH3 is 1. The lowest BCUT2D eigenvalue weighted by molar-refractivity contribution is -0.146. The highest BCUT2D eigenvalue weighted by Gasteiger charge is 2.44. The molecular formula is C20H25ClN2O5. The number of carbonyl (C=O) groups excluding carboxylic acids is 2. The third-order valence-corrected chi connectivity index (χ3v) is 4.75. The number of hydrogen-bond acceptors (Lipinski definition) is 7. The van der Waals surface area contributed by atoms with Crippen LogP contribution in [-0.4, -0.2) is 51.1 Å². The summed E-state index contributed by atoms with van der Waals surface area (Å²) in [5, 5.41) is 0.431. The third kappa shape index (κ3) is 4.79. The Bertz CT molecular complexity index is 791. The first-order chi connectivity index (χ1) is 13.5. The molecule has 28 heavy (non-hydrogen) atoms. The van der Waals surface area contributed by atoms with Gasteiger partial charge in [0.1, 0.15) is 5.92 Å². The van der Waals surface area contributed by atoms with E-state index in [0.717, 1.165) is 0 Å². The van der Waals surface area contributed by atoms with E-state index in [1.54, 1.807) is 38.1 Å². The minimum atomic E-state index is -0.865. The first-order valence-corrected chi connectivity index (χ1v) is 9.39. The average Bonchev–Trinajstić information content (AvgIpc) is 2.67. The van der Waals surface area contributed by atoms with Gasteiger partial charge in [-0.15, -0.1) is 0 Å². The molecular weight excluding hydrogens is 384 g/mol. The number of carbonyl (C=O) groups is 2. The summed E-state index contributed by atoms with van der Waals surface area (Å²) in [5.74, 6) is -2.64. The SMILES string of the molecule is CCOC(=O)C1C(COCCN)=NC(C)=C(C(=O)OC)C1c1ccccc1Cl. The van der Waals surface area contributed by atoms with E-state index < -0.39 is 23.8 Å². The maximum atomic E-state index is 12.9. The Morgan fingerprint density at radius 2 is 2.00 bits per heavy atom. The molecule has 0 aliphatic carbocycles. The summed E-state index contributed by atoms with van der Waals surface area (Å²) in [6.07, 6.45) is 0. The van der Waals surface area contributed by atoms with Crippen molar-refractivity contribution in [2.45, 2.75) is 19.8 Å². The first kappa shape index (κ1) is 22.1. The van der Waals surface area contributed by atoms with Gasteiger partial charge in [-0.3, -0.25) is 9.79 Å². The van der Waals surface area contributed by atoms with Gasteiger partial charge in [0, 0.05) is 23.2 Å². The van der Waals surface area contributed by atoms with Gasteiger partial charge in [-0.1, -0.05) is 29.8 Å². The normalized spacial score (nSPS) is 19.2. The fraction of sp³-hybridized carbons (Fsp3) is 0.450. The summed E-state index contributed by atoms with van der Waals surface area (Å²) in [5.41, 5.74) is 7.29. The van der Waals surface area contributed by atoms with Gasteiger partial charge in [-0.2, -0.15) is 0 Å². The van der Waals surface area contributed by atoms with Crippen molar-refractivity contribution in [3.63, 3.8) is 0 Å². The molecule has 0 amide bonds. The molecule has 8 heteroatoms. The maximum Gasteiger partial charge on any atom is 0.336 e. The van der Waals surface area contributed by atoms with E-state index in [-0.39, 0.29) is 18.8 Å². The van der Waals surface area contributed by atoms with Crippen LogP contribution in [-0.2, 0) is 23.8 Å². The van der Waals surface area contributed by atoms with Crippen LogP contribution < -0.4 is 5.73 Å². The molecule has 2 rings (SSSR count). The number of ether oxygens (including phenoxy) is 3. The number of nitrogens with two attached hydrogens (primary N) is 1. The fourth-order valence-corrected chi connectivity index (χ4v) is 3.52. The molecule has 2 unspecified atom stereocenters. The molecule has 1 aliphatic heterocycles. The van der Waals surface area contributed by atoms with Crippen molar-refractivity contribution in [1.82, 2.24) is 0 Å². The number of esters is 2. The molecule has 0 saturated heterocycles. The minimum Gasteiger partial charge on any atom is -0.466 e. The zero-order chi connectivity index (χ0) is 20.7. The lowest BCUT2D eigenvalue weighted by atomic mass is 9.75. The average molecular weight is 409 g/mol. The van der Waals surface area contributed by atoms with Crippen LogP contribution in [0.25, 0.3) is 0 Å². The van der Waals surface area contributed by atoms with E-state index in [9.17, 15) is 9.59 Å². The molecule has 7 nitrogen and oxygen atoms in total. The fourth-order valence-electron chi connectivity index (χ4n) is 3.26. The molecule has 2 atom stereocenters. The van der Waals surface area contributed by atoms with Crippen molar-refractivity contribution < 1.29 is 23.8 Å². The lowest BCUT2D eigenvalue weighted by Gasteiger charge is -2.32. The quantitative estimate of drug-likeness (QED) is 0.524. The molecule has 152 valence electrons. The third-order valence-electron chi connectivity index (χ3n) is 4.40. The first-order valence-electron chi connectivity index (χ1n) is 9.01. The highest BCUT2D eigenvalue weighted by Crippen LogP contribution is 2.42. The molecule has 0 radical (unpaired) electrons. The second-order valence-electron chi connectivity index (χ2n) is 6.16. The van der Waals surface area contributed by atoms with Gasteiger partial charge in [0.05, 0.1) is 38.2 Å². The number of nitrogens with zero attached hydrogens (tertiary/aromatic N) is 1. The predicted molar refractivity (Wildman–Crippen MR) is 106 cm³/mol. The molecule has 1 heterocycles. The van der Waals surface area contributed by atoms with Gasteiger partial charge >= 0.3 is 11.9 Å². The molecule has 0 bridgehead atoms. The molecule has 0 saturated carbocycles. The molecule has 0 spiro atoms. The van der Waals surface area contributed by atoms with E-state index >= 15 is 0 Å². The van der Waals surface area contributed by atoms with E-state index in [2.05, 4.69) is 4.99 Å². The van der Waals surface area contributed by atoms with Crippen molar-refractivity contribution in [3.05, 3.63) is 46.1 Å². The highest BCUT2D eigenvalue weighted by atomic mass is 35.5. The Morgan fingerprint density at radius 1 is 1.29 bits per heavy atom. The largest absolute Gasteiger partial charge is 0.466 e. The van der Waals surface area contributed by atoms with Crippen LogP contribution in [0.1, 0.15) is 25.3 Å². The van der Waals surface area contributed by atoms with Crippen molar-refractivity contribution >= 4 is 29.3 Å². The minimum absolute atomic E-state index is 0.0907. The van der Waals surface area contributed by atoms with Crippen LogP contribution in [0.15, 0.2) is 40.5 Å². The van der Waals surface area contributed by atoms with E-state index in [0.29, 0.717) is 35.1 Å². The van der Waals surface area contributed by atoms with E-state index in [4.69, 9.17) is 31.5 Å². The molecule has 1 aromatic carbocycles. The summed E-state index contributed by atoms with van der Waals surface area (Å²) >= 11 is 6.43. The molecule has 1 aromatic rings. The zero-order valence-electron chi connectivity index (χ0n) is 16.2. The number of benzene rings is 1. The smallest absolute Gasteiger partial charge is 0.336 e. The highest BCUT2D eigenvalue weighted by molar-refractivity contribution is 6.31. The van der Waals surface area contributed by atoms with Gasteiger partial charge in [0.2, 0.25) is 0 Å². The Morgan fingerprint density at radius 3 is 2.61 bits per heavy atom. The van der Waals surface area contributed by atoms with E-state index in [1.165, 1.54) is 7.11 Å². The predicted octanol–water partition coefficient (Wildman–Crippen LogP) is 2.48. The van der Waals surface area contributed by atoms with Crippen LogP contribution in [0.4, 0.5) is 0 Å². The van der Waals surface area contributed by atoms with Gasteiger partial charge < -0.3 is 19.9 Å². The Kier molecular flexibility index (Phi) is 8.17. The van der Waals surface area contributed by atoms with E-state index in [1.807, 2.05) is 0 Å². The number of rotatable bonds is 8. The summed E-state index contributed by atoms with van der Waals surface area (Å²) in [7, 11) is 1.29. The molecule has 1 aliphatic rings. The Balaban J connectivity index is 2.64. The van der Waals surface area contributed by atoms with Crippen molar-refractivity contribution in [2.24, 2.45) is 16.6 Å². The van der Waals surface area contributed by atoms with Gasteiger partial charge in [-0.25, -0.2) is 4.79 Å². The van der Waals surface area contributed by atoms with Crippen molar-refractivity contribution in [2.75, 3.05) is 33.5 Å². The number of hydrogen-bond donors (Lipinski definition) is 1. The zero-order valence-corrected chi connectivity index (χ0v) is 17.0. The van der Waals surface area contributed by atoms with Gasteiger partial charge in [0.25, 0.3) is 0 Å². The van der Waals surface area contributed by atoms with Crippen LogP contribution >= 0.6 is 11.6 Å². The Labute approximate surface area is 169 Å². The molecule has 0 fully saturated rings. The summed E-state index contributed by atoms with van der Waals surface area (Å²) in [4.78, 5) is 30.0. The molecule has 2 N–H and O–H groups in total. The molecule has 0 aromatic heterocycles. The lowest BCUT2D eigenvalue weighted by Crippen LogP contribution is -2.39.